The fraction of sp³-hybridized carbons (Fsp3) is 0.500. The summed E-state index contributed by atoms with van der Waals surface area (Å²) in [5.74, 6) is -0.258. The lowest BCUT2D eigenvalue weighted by molar-refractivity contribution is 0.0698. The lowest BCUT2D eigenvalue weighted by Crippen LogP contribution is -2.40. The number of piperidine rings is 1. The zero-order valence-corrected chi connectivity index (χ0v) is 11.3. The Morgan fingerprint density at radius 3 is 2.95 bits per heavy atom. The third-order valence-corrected chi connectivity index (χ3v) is 3.44. The van der Waals surface area contributed by atoms with Crippen LogP contribution in [0.4, 0.5) is 5.69 Å². The zero-order valence-electron chi connectivity index (χ0n) is 11.3. The second-order valence-corrected chi connectivity index (χ2v) is 4.96. The molecular formula is C14H20N2O3. The first-order valence-corrected chi connectivity index (χ1v) is 6.46. The molecule has 2 N–H and O–H groups in total. The van der Waals surface area contributed by atoms with Crippen molar-refractivity contribution in [3.05, 3.63) is 23.8 Å². The van der Waals surface area contributed by atoms with Crippen molar-refractivity contribution in [3.8, 4) is 5.75 Å². The number of likely N-dealkylation sites (N-methyl/N-ethyl adjacent to an activating group) is 1. The smallest absolute Gasteiger partial charge is 0.337 e. The van der Waals surface area contributed by atoms with Gasteiger partial charge in [0.15, 0.2) is 0 Å². The number of carboxylic acids is 1. The number of anilines is 1. The Hall–Kier alpha value is -1.75. The van der Waals surface area contributed by atoms with E-state index in [0.29, 0.717) is 11.4 Å². The van der Waals surface area contributed by atoms with Gasteiger partial charge in [-0.2, -0.15) is 0 Å². The van der Waals surface area contributed by atoms with Gasteiger partial charge in [-0.05, 0) is 38.6 Å². The molecule has 1 atom stereocenters. The number of nitrogens with zero attached hydrogens (tertiary/aromatic N) is 1. The maximum absolute atomic E-state index is 11.2. The number of rotatable bonds is 4. The van der Waals surface area contributed by atoms with E-state index in [1.54, 1.807) is 25.3 Å². The number of likely N-dealkylation sites (tertiary alicyclic amines) is 1. The monoisotopic (exact) mass is 264 g/mol. The summed E-state index contributed by atoms with van der Waals surface area (Å²) in [6.45, 7) is 2.03. The molecule has 5 heteroatoms. The zero-order chi connectivity index (χ0) is 13.8. The molecule has 0 bridgehead atoms. The normalized spacial score (nSPS) is 20.0. The van der Waals surface area contributed by atoms with Crippen molar-refractivity contribution in [2.24, 2.45) is 0 Å². The van der Waals surface area contributed by atoms with Gasteiger partial charge in [-0.1, -0.05) is 0 Å². The highest BCUT2D eigenvalue weighted by molar-refractivity contribution is 5.94. The third kappa shape index (κ3) is 3.38. The Labute approximate surface area is 113 Å². The quantitative estimate of drug-likeness (QED) is 0.869. The van der Waals surface area contributed by atoms with Crippen molar-refractivity contribution < 1.29 is 14.6 Å². The molecule has 0 amide bonds. The second-order valence-electron chi connectivity index (χ2n) is 4.96. The van der Waals surface area contributed by atoms with Crippen LogP contribution in [-0.4, -0.2) is 49.3 Å². The predicted octanol–water partition coefficient (Wildman–Crippen LogP) is 1.90. The number of carboxylic acid groups (broad SMARTS) is 1. The molecule has 5 nitrogen and oxygen atoms in total. The molecular weight excluding hydrogens is 244 g/mol. The van der Waals surface area contributed by atoms with E-state index in [1.165, 1.54) is 0 Å². The molecule has 0 spiro atoms. The molecule has 19 heavy (non-hydrogen) atoms. The van der Waals surface area contributed by atoms with Crippen LogP contribution < -0.4 is 10.1 Å². The van der Waals surface area contributed by atoms with Crippen LogP contribution in [-0.2, 0) is 0 Å². The molecule has 1 aromatic rings. The van der Waals surface area contributed by atoms with Crippen molar-refractivity contribution in [1.29, 1.82) is 0 Å². The lowest BCUT2D eigenvalue weighted by Gasteiger charge is -2.31. The van der Waals surface area contributed by atoms with Gasteiger partial charge < -0.3 is 20.1 Å². The van der Waals surface area contributed by atoms with Crippen LogP contribution in [0.1, 0.15) is 23.2 Å². The van der Waals surface area contributed by atoms with Crippen LogP contribution in [0.15, 0.2) is 18.2 Å². The lowest BCUT2D eigenvalue weighted by atomic mass is 10.0. The van der Waals surface area contributed by atoms with E-state index in [-0.39, 0.29) is 11.6 Å². The van der Waals surface area contributed by atoms with Crippen LogP contribution >= 0.6 is 0 Å². The minimum atomic E-state index is -0.922. The molecule has 1 fully saturated rings. The van der Waals surface area contributed by atoms with Crippen molar-refractivity contribution in [1.82, 2.24) is 4.90 Å². The van der Waals surface area contributed by atoms with E-state index in [2.05, 4.69) is 17.3 Å². The van der Waals surface area contributed by atoms with Crippen LogP contribution in [0.5, 0.6) is 5.75 Å². The van der Waals surface area contributed by atoms with Gasteiger partial charge in [-0.25, -0.2) is 4.79 Å². The van der Waals surface area contributed by atoms with Crippen LogP contribution in [0.2, 0.25) is 0 Å². The van der Waals surface area contributed by atoms with E-state index in [0.717, 1.165) is 25.9 Å². The fourth-order valence-corrected chi connectivity index (χ4v) is 2.46. The SMILES string of the molecule is COc1ccc(C(=O)O)c(NC2CCCN(C)C2)c1. The van der Waals surface area contributed by atoms with E-state index in [4.69, 9.17) is 4.74 Å². The molecule has 0 aliphatic carbocycles. The Morgan fingerprint density at radius 2 is 2.32 bits per heavy atom. The van der Waals surface area contributed by atoms with E-state index in [9.17, 15) is 9.90 Å². The summed E-state index contributed by atoms with van der Waals surface area (Å²) >= 11 is 0. The molecule has 0 radical (unpaired) electrons. The second kappa shape index (κ2) is 5.93. The van der Waals surface area contributed by atoms with E-state index < -0.39 is 5.97 Å². The summed E-state index contributed by atoms with van der Waals surface area (Å²) < 4.78 is 5.16. The van der Waals surface area contributed by atoms with Gasteiger partial charge in [0.1, 0.15) is 5.75 Å². The minimum absolute atomic E-state index is 0.281. The molecule has 1 unspecified atom stereocenters. The molecule has 1 aliphatic heterocycles. The average molecular weight is 264 g/mol. The van der Waals surface area contributed by atoms with Gasteiger partial charge in [0.05, 0.1) is 18.4 Å². The molecule has 0 aromatic heterocycles. The number of aromatic carboxylic acids is 1. The molecule has 1 saturated heterocycles. The Morgan fingerprint density at radius 1 is 1.53 bits per heavy atom. The average Bonchev–Trinajstić information content (AvgIpc) is 2.38. The predicted molar refractivity (Wildman–Crippen MR) is 74.1 cm³/mol. The first-order valence-electron chi connectivity index (χ1n) is 6.46. The summed E-state index contributed by atoms with van der Waals surface area (Å²) in [4.78, 5) is 13.5. The number of methoxy groups -OCH3 is 1. The van der Waals surface area contributed by atoms with Gasteiger partial charge in [-0.15, -0.1) is 0 Å². The molecule has 1 aliphatic rings. The molecule has 2 rings (SSSR count). The Balaban J connectivity index is 2.19. The fourth-order valence-electron chi connectivity index (χ4n) is 2.46. The summed E-state index contributed by atoms with van der Waals surface area (Å²) in [5.41, 5.74) is 0.918. The van der Waals surface area contributed by atoms with Crippen molar-refractivity contribution in [2.45, 2.75) is 18.9 Å². The number of benzene rings is 1. The minimum Gasteiger partial charge on any atom is -0.497 e. The van der Waals surface area contributed by atoms with E-state index >= 15 is 0 Å². The van der Waals surface area contributed by atoms with Gasteiger partial charge in [0.25, 0.3) is 0 Å². The summed E-state index contributed by atoms with van der Waals surface area (Å²) in [7, 11) is 3.66. The van der Waals surface area contributed by atoms with Crippen molar-refractivity contribution in [2.75, 3.05) is 32.6 Å². The molecule has 1 aromatic carbocycles. The van der Waals surface area contributed by atoms with Gasteiger partial charge in [0.2, 0.25) is 0 Å². The molecule has 1 heterocycles. The Bertz CT molecular complexity index is 462. The third-order valence-electron chi connectivity index (χ3n) is 3.44. The van der Waals surface area contributed by atoms with Gasteiger partial charge in [0, 0.05) is 18.7 Å². The summed E-state index contributed by atoms with van der Waals surface area (Å²) in [6, 6.07) is 5.28. The highest BCUT2D eigenvalue weighted by atomic mass is 16.5. The number of hydrogen-bond acceptors (Lipinski definition) is 4. The van der Waals surface area contributed by atoms with Crippen molar-refractivity contribution >= 4 is 11.7 Å². The molecule has 0 saturated carbocycles. The topological polar surface area (TPSA) is 61.8 Å². The summed E-state index contributed by atoms with van der Waals surface area (Å²) in [6.07, 6.45) is 2.18. The number of ether oxygens (including phenoxy) is 1. The van der Waals surface area contributed by atoms with Crippen LogP contribution in [0.25, 0.3) is 0 Å². The Kier molecular flexibility index (Phi) is 4.27. The van der Waals surface area contributed by atoms with Gasteiger partial charge in [-0.3, -0.25) is 0 Å². The first kappa shape index (κ1) is 13.7. The number of carbonyl (C=O) groups is 1. The maximum Gasteiger partial charge on any atom is 0.337 e. The summed E-state index contributed by atoms with van der Waals surface area (Å²) in [5, 5.41) is 12.6. The highest BCUT2D eigenvalue weighted by Gasteiger charge is 2.19. The number of hydrogen-bond donors (Lipinski definition) is 2. The van der Waals surface area contributed by atoms with Crippen LogP contribution in [0, 0.1) is 0 Å². The largest absolute Gasteiger partial charge is 0.497 e. The standard InChI is InChI=1S/C14H20N2O3/c1-16-7-3-4-10(9-16)15-13-8-11(19-2)5-6-12(13)14(17)18/h5-6,8,10,15H,3-4,7,9H2,1-2H3,(H,17,18). The first-order chi connectivity index (χ1) is 9.10. The van der Waals surface area contributed by atoms with Gasteiger partial charge >= 0.3 is 5.97 Å². The number of nitrogens with one attached hydrogen (secondary N) is 1. The maximum atomic E-state index is 11.2. The van der Waals surface area contributed by atoms with Crippen molar-refractivity contribution in [3.63, 3.8) is 0 Å². The highest BCUT2D eigenvalue weighted by Crippen LogP contribution is 2.25. The van der Waals surface area contributed by atoms with E-state index in [1.807, 2.05) is 0 Å². The molecule has 104 valence electrons. The van der Waals surface area contributed by atoms with Crippen LogP contribution in [0.3, 0.4) is 0 Å².